The van der Waals surface area contributed by atoms with Crippen LogP contribution in [0.4, 0.5) is 4.39 Å². The van der Waals surface area contributed by atoms with Gasteiger partial charge in [0.25, 0.3) is 0 Å². The van der Waals surface area contributed by atoms with Gasteiger partial charge >= 0.3 is 0 Å². The lowest BCUT2D eigenvalue weighted by molar-refractivity contribution is 0.428. The van der Waals surface area contributed by atoms with Crippen LogP contribution >= 0.6 is 0 Å². The normalized spacial score (nSPS) is 13.9. The molecule has 2 atom stereocenters. The largest absolute Gasteiger partial charge is 0.307 e. The summed E-state index contributed by atoms with van der Waals surface area (Å²) in [5.41, 5.74) is 3.42. The number of hydrogen-bond donors (Lipinski definition) is 1. The number of benzene rings is 2. The van der Waals surface area contributed by atoms with E-state index in [4.69, 9.17) is 0 Å². The highest BCUT2D eigenvalue weighted by Crippen LogP contribution is 2.21. The molecule has 0 fully saturated rings. The Bertz CT molecular complexity index is 579. The minimum absolute atomic E-state index is 0.0604. The van der Waals surface area contributed by atoms with Crippen LogP contribution in [0.2, 0.25) is 0 Å². The first-order valence-electron chi connectivity index (χ1n) is 7.66. The molecule has 2 heteroatoms. The molecule has 0 amide bonds. The number of halogens is 1. The van der Waals surface area contributed by atoms with Crippen molar-refractivity contribution in [3.8, 4) is 0 Å². The van der Waals surface area contributed by atoms with Gasteiger partial charge in [-0.3, -0.25) is 0 Å². The number of rotatable bonds is 6. The van der Waals surface area contributed by atoms with E-state index in [2.05, 4.69) is 50.4 Å². The van der Waals surface area contributed by atoms with Crippen LogP contribution < -0.4 is 5.32 Å². The maximum absolute atomic E-state index is 13.9. The molecule has 0 aliphatic heterocycles. The van der Waals surface area contributed by atoms with Gasteiger partial charge in [0.15, 0.2) is 0 Å². The quantitative estimate of drug-likeness (QED) is 0.803. The maximum atomic E-state index is 13.9. The molecule has 0 aliphatic rings. The van der Waals surface area contributed by atoms with E-state index < -0.39 is 0 Å². The molecule has 1 nitrogen and oxygen atoms in total. The van der Waals surface area contributed by atoms with Crippen molar-refractivity contribution in [2.24, 2.45) is 0 Å². The molecular formula is C19H24FN. The molecule has 1 N–H and O–H groups in total. The van der Waals surface area contributed by atoms with Crippen LogP contribution in [-0.4, -0.2) is 6.04 Å². The number of hydrogen-bond acceptors (Lipinski definition) is 1. The van der Waals surface area contributed by atoms with E-state index in [1.165, 1.54) is 17.2 Å². The summed E-state index contributed by atoms with van der Waals surface area (Å²) in [6.07, 6.45) is 1.83. The Labute approximate surface area is 127 Å². The standard InChI is InChI=1S/C19H24FN/c1-4-19(17-11-7-8-12-18(17)20)21-15(3)13-16-10-6-5-9-14(16)2/h5-12,15,19,21H,4,13H2,1-3H3. The summed E-state index contributed by atoms with van der Waals surface area (Å²) in [4.78, 5) is 0. The van der Waals surface area contributed by atoms with E-state index in [0.29, 0.717) is 6.04 Å². The fraction of sp³-hybridized carbons (Fsp3) is 0.368. The summed E-state index contributed by atoms with van der Waals surface area (Å²) in [7, 11) is 0. The van der Waals surface area contributed by atoms with Gasteiger partial charge in [-0.1, -0.05) is 49.4 Å². The lowest BCUT2D eigenvalue weighted by Gasteiger charge is -2.23. The summed E-state index contributed by atoms with van der Waals surface area (Å²) >= 11 is 0. The highest BCUT2D eigenvalue weighted by molar-refractivity contribution is 5.26. The van der Waals surface area contributed by atoms with Gasteiger partial charge in [-0.2, -0.15) is 0 Å². The van der Waals surface area contributed by atoms with Crippen molar-refractivity contribution in [2.75, 3.05) is 0 Å². The molecule has 112 valence electrons. The van der Waals surface area contributed by atoms with Gasteiger partial charge in [0.1, 0.15) is 5.82 Å². The van der Waals surface area contributed by atoms with Crippen LogP contribution in [0.25, 0.3) is 0 Å². The summed E-state index contributed by atoms with van der Waals surface area (Å²) in [5.74, 6) is -0.125. The molecule has 0 aliphatic carbocycles. The lowest BCUT2D eigenvalue weighted by atomic mass is 9.99. The van der Waals surface area contributed by atoms with Crippen LogP contribution in [0.15, 0.2) is 48.5 Å². The number of aryl methyl sites for hydroxylation is 1. The van der Waals surface area contributed by atoms with E-state index >= 15 is 0 Å². The summed E-state index contributed by atoms with van der Waals surface area (Å²) in [6.45, 7) is 6.39. The van der Waals surface area contributed by atoms with Gasteiger partial charge < -0.3 is 5.32 Å². The van der Waals surface area contributed by atoms with Crippen molar-refractivity contribution in [3.05, 3.63) is 71.0 Å². The highest BCUT2D eigenvalue weighted by atomic mass is 19.1. The molecule has 2 aromatic rings. The highest BCUT2D eigenvalue weighted by Gasteiger charge is 2.16. The minimum Gasteiger partial charge on any atom is -0.307 e. The van der Waals surface area contributed by atoms with Crippen LogP contribution in [0.1, 0.15) is 43.0 Å². The zero-order valence-corrected chi connectivity index (χ0v) is 13.1. The van der Waals surface area contributed by atoms with E-state index in [1.807, 2.05) is 12.1 Å². The first kappa shape index (κ1) is 15.7. The molecule has 21 heavy (non-hydrogen) atoms. The summed E-state index contributed by atoms with van der Waals surface area (Å²) < 4.78 is 13.9. The fourth-order valence-electron chi connectivity index (χ4n) is 2.76. The van der Waals surface area contributed by atoms with Gasteiger partial charge in [0, 0.05) is 17.6 Å². The number of nitrogens with one attached hydrogen (secondary N) is 1. The Morgan fingerprint density at radius 3 is 2.38 bits per heavy atom. The summed E-state index contributed by atoms with van der Waals surface area (Å²) in [5, 5.41) is 3.56. The SMILES string of the molecule is CCC(NC(C)Cc1ccccc1C)c1ccccc1F. The van der Waals surface area contributed by atoms with Crippen molar-refractivity contribution in [1.29, 1.82) is 0 Å². The first-order valence-corrected chi connectivity index (χ1v) is 7.66. The smallest absolute Gasteiger partial charge is 0.127 e. The Kier molecular flexibility index (Phi) is 5.51. The second-order valence-electron chi connectivity index (χ2n) is 5.68. The van der Waals surface area contributed by atoms with Gasteiger partial charge in [0.2, 0.25) is 0 Å². The van der Waals surface area contributed by atoms with Gasteiger partial charge in [0.05, 0.1) is 0 Å². The molecule has 0 radical (unpaired) electrons. The third-order valence-corrected chi connectivity index (χ3v) is 3.96. The topological polar surface area (TPSA) is 12.0 Å². The third-order valence-electron chi connectivity index (χ3n) is 3.96. The summed E-state index contributed by atoms with van der Waals surface area (Å²) in [6, 6.07) is 15.8. The Morgan fingerprint density at radius 2 is 1.71 bits per heavy atom. The van der Waals surface area contributed by atoms with Gasteiger partial charge in [-0.05, 0) is 43.9 Å². The second-order valence-corrected chi connectivity index (χ2v) is 5.68. The van der Waals surface area contributed by atoms with E-state index in [1.54, 1.807) is 6.07 Å². The average molecular weight is 285 g/mol. The van der Waals surface area contributed by atoms with Gasteiger partial charge in [-0.25, -0.2) is 4.39 Å². The molecule has 2 aromatic carbocycles. The molecule has 0 heterocycles. The molecule has 0 saturated carbocycles. The fourth-order valence-corrected chi connectivity index (χ4v) is 2.76. The predicted molar refractivity (Wildman–Crippen MR) is 86.9 cm³/mol. The van der Waals surface area contributed by atoms with Crippen molar-refractivity contribution in [1.82, 2.24) is 5.32 Å². The Hall–Kier alpha value is -1.67. The van der Waals surface area contributed by atoms with Gasteiger partial charge in [-0.15, -0.1) is 0 Å². The van der Waals surface area contributed by atoms with Crippen LogP contribution in [0.5, 0.6) is 0 Å². The van der Waals surface area contributed by atoms with E-state index in [9.17, 15) is 4.39 Å². The monoisotopic (exact) mass is 285 g/mol. The van der Waals surface area contributed by atoms with E-state index in [-0.39, 0.29) is 11.9 Å². The zero-order chi connectivity index (χ0) is 15.2. The van der Waals surface area contributed by atoms with Crippen molar-refractivity contribution >= 4 is 0 Å². The van der Waals surface area contributed by atoms with E-state index in [0.717, 1.165) is 18.4 Å². The maximum Gasteiger partial charge on any atom is 0.127 e. The molecule has 2 unspecified atom stereocenters. The average Bonchev–Trinajstić information content (AvgIpc) is 2.48. The molecule has 0 bridgehead atoms. The van der Waals surface area contributed by atoms with Crippen LogP contribution in [0, 0.1) is 12.7 Å². The Balaban J connectivity index is 2.05. The molecule has 0 saturated heterocycles. The van der Waals surface area contributed by atoms with Crippen molar-refractivity contribution in [3.63, 3.8) is 0 Å². The molecule has 0 aromatic heterocycles. The van der Waals surface area contributed by atoms with Crippen LogP contribution in [-0.2, 0) is 6.42 Å². The Morgan fingerprint density at radius 1 is 1.05 bits per heavy atom. The van der Waals surface area contributed by atoms with Crippen LogP contribution in [0.3, 0.4) is 0 Å². The molecule has 2 rings (SSSR count). The first-order chi connectivity index (χ1) is 10.1. The molecule has 0 spiro atoms. The predicted octanol–water partition coefficient (Wildman–Crippen LogP) is 4.81. The minimum atomic E-state index is -0.125. The zero-order valence-electron chi connectivity index (χ0n) is 13.1. The second kappa shape index (κ2) is 7.37. The lowest BCUT2D eigenvalue weighted by Crippen LogP contribution is -2.32. The van der Waals surface area contributed by atoms with Crippen molar-refractivity contribution < 1.29 is 4.39 Å². The van der Waals surface area contributed by atoms with Crippen molar-refractivity contribution in [2.45, 2.75) is 45.7 Å². The third kappa shape index (κ3) is 4.15. The molecular weight excluding hydrogens is 261 g/mol.